The number of hydrogen-bond donors (Lipinski definition) is 0. The summed E-state index contributed by atoms with van der Waals surface area (Å²) in [5.74, 6) is 0.284. The highest BCUT2D eigenvalue weighted by Crippen LogP contribution is 2.32. The van der Waals surface area contributed by atoms with Gasteiger partial charge in [0.05, 0.1) is 18.2 Å². The highest BCUT2D eigenvalue weighted by Gasteiger charge is 2.20. The van der Waals surface area contributed by atoms with Crippen LogP contribution in [0.3, 0.4) is 0 Å². The number of aryl methyl sites for hydroxylation is 3. The molecule has 0 aliphatic rings. The Balaban J connectivity index is 2.38. The summed E-state index contributed by atoms with van der Waals surface area (Å²) < 4.78 is 30.8. The molecule has 0 saturated heterocycles. The lowest BCUT2D eigenvalue weighted by Crippen LogP contribution is -2.05. The first-order valence-corrected chi connectivity index (χ1v) is 8.24. The summed E-state index contributed by atoms with van der Waals surface area (Å²) in [6.45, 7) is 3.82. The van der Waals surface area contributed by atoms with Crippen LogP contribution in [0, 0.1) is 13.8 Å². The van der Waals surface area contributed by atoms with Crippen molar-refractivity contribution >= 4 is 19.7 Å². The quantitative estimate of drug-likeness (QED) is 0.814. The first-order chi connectivity index (χ1) is 9.29. The van der Waals surface area contributed by atoms with Gasteiger partial charge in [0.1, 0.15) is 17.3 Å². The molecule has 0 amide bonds. The van der Waals surface area contributed by atoms with Crippen LogP contribution in [0.1, 0.15) is 16.8 Å². The van der Waals surface area contributed by atoms with Crippen LogP contribution in [0.5, 0.6) is 5.75 Å². The van der Waals surface area contributed by atoms with Crippen molar-refractivity contribution in [2.24, 2.45) is 7.05 Å². The molecule has 5 nitrogen and oxygen atoms in total. The Morgan fingerprint density at radius 3 is 2.60 bits per heavy atom. The van der Waals surface area contributed by atoms with Crippen molar-refractivity contribution in [1.82, 2.24) is 9.55 Å². The van der Waals surface area contributed by atoms with E-state index in [1.807, 2.05) is 20.0 Å². The van der Waals surface area contributed by atoms with E-state index >= 15 is 0 Å². The average molecular weight is 315 g/mol. The normalized spacial score (nSPS) is 11.6. The first kappa shape index (κ1) is 14.9. The number of hydrogen-bond acceptors (Lipinski definition) is 4. The topological polar surface area (TPSA) is 61.2 Å². The largest absolute Gasteiger partial charge is 0.486 e. The second-order valence-corrected chi connectivity index (χ2v) is 7.17. The number of halogens is 1. The van der Waals surface area contributed by atoms with Gasteiger partial charge in [-0.25, -0.2) is 13.4 Å². The molecule has 0 atom stereocenters. The highest BCUT2D eigenvalue weighted by molar-refractivity contribution is 8.13. The van der Waals surface area contributed by atoms with Crippen molar-refractivity contribution in [1.29, 1.82) is 0 Å². The molecule has 0 aliphatic heterocycles. The van der Waals surface area contributed by atoms with Gasteiger partial charge in [-0.2, -0.15) is 0 Å². The summed E-state index contributed by atoms with van der Waals surface area (Å²) in [5, 5.41) is 0. The van der Waals surface area contributed by atoms with E-state index < -0.39 is 9.05 Å². The maximum atomic E-state index is 11.7. The van der Waals surface area contributed by atoms with Crippen molar-refractivity contribution in [3.05, 3.63) is 41.5 Å². The van der Waals surface area contributed by atoms with Gasteiger partial charge < -0.3 is 9.30 Å². The van der Waals surface area contributed by atoms with Gasteiger partial charge in [0, 0.05) is 17.7 Å². The first-order valence-electron chi connectivity index (χ1n) is 5.93. The van der Waals surface area contributed by atoms with E-state index in [4.69, 9.17) is 15.4 Å². The third kappa shape index (κ3) is 3.13. The van der Waals surface area contributed by atoms with Crippen molar-refractivity contribution in [2.75, 3.05) is 0 Å². The van der Waals surface area contributed by atoms with Crippen molar-refractivity contribution in [2.45, 2.75) is 25.3 Å². The Hall–Kier alpha value is -1.53. The van der Waals surface area contributed by atoms with Gasteiger partial charge in [0.2, 0.25) is 0 Å². The average Bonchev–Trinajstić information content (AvgIpc) is 2.72. The van der Waals surface area contributed by atoms with Gasteiger partial charge in [-0.15, -0.1) is 0 Å². The van der Waals surface area contributed by atoms with E-state index in [0.717, 1.165) is 16.8 Å². The SMILES string of the molecule is Cc1cc(C)c(OCc2cncn2C)c(S(=O)(=O)Cl)c1. The van der Waals surface area contributed by atoms with Crippen LogP contribution in [0.2, 0.25) is 0 Å². The molecule has 0 radical (unpaired) electrons. The zero-order valence-electron chi connectivity index (χ0n) is 11.4. The third-order valence-corrected chi connectivity index (χ3v) is 4.26. The minimum atomic E-state index is -3.85. The summed E-state index contributed by atoms with van der Waals surface area (Å²) in [6, 6.07) is 3.36. The van der Waals surface area contributed by atoms with Gasteiger partial charge in [0.25, 0.3) is 9.05 Å². The molecule has 1 heterocycles. The Morgan fingerprint density at radius 2 is 2.05 bits per heavy atom. The number of nitrogens with zero attached hydrogens (tertiary/aromatic N) is 2. The van der Waals surface area contributed by atoms with Gasteiger partial charge in [0.15, 0.2) is 0 Å². The highest BCUT2D eigenvalue weighted by atomic mass is 35.7. The number of rotatable bonds is 4. The Morgan fingerprint density at radius 1 is 1.35 bits per heavy atom. The number of benzene rings is 1. The molecule has 1 aromatic heterocycles. The van der Waals surface area contributed by atoms with E-state index in [1.54, 1.807) is 24.0 Å². The molecule has 0 fully saturated rings. The minimum absolute atomic E-state index is 0.00108. The lowest BCUT2D eigenvalue weighted by Gasteiger charge is -2.13. The molecule has 0 aliphatic carbocycles. The summed E-state index contributed by atoms with van der Waals surface area (Å²) in [5.41, 5.74) is 2.38. The molecule has 1 aromatic carbocycles. The molecular formula is C13H15ClN2O3S. The maximum Gasteiger partial charge on any atom is 0.265 e. The van der Waals surface area contributed by atoms with Gasteiger partial charge in [-0.1, -0.05) is 6.07 Å². The molecule has 20 heavy (non-hydrogen) atoms. The monoisotopic (exact) mass is 314 g/mol. The third-order valence-electron chi connectivity index (χ3n) is 2.93. The van der Waals surface area contributed by atoms with Crippen molar-refractivity contribution < 1.29 is 13.2 Å². The second-order valence-electron chi connectivity index (χ2n) is 4.63. The molecule has 0 bridgehead atoms. The fourth-order valence-electron chi connectivity index (χ4n) is 1.95. The number of ether oxygens (including phenoxy) is 1. The van der Waals surface area contributed by atoms with E-state index in [1.165, 1.54) is 6.07 Å². The minimum Gasteiger partial charge on any atom is -0.486 e. The molecule has 0 N–H and O–H groups in total. The molecule has 2 aromatic rings. The smallest absolute Gasteiger partial charge is 0.265 e. The molecule has 0 unspecified atom stereocenters. The molecular weight excluding hydrogens is 300 g/mol. The Bertz CT molecular complexity index is 738. The zero-order valence-corrected chi connectivity index (χ0v) is 13.0. The van der Waals surface area contributed by atoms with Crippen LogP contribution >= 0.6 is 10.7 Å². The zero-order chi connectivity index (χ0) is 14.9. The predicted molar refractivity (Wildman–Crippen MR) is 76.5 cm³/mol. The van der Waals surface area contributed by atoms with Crippen LogP contribution in [-0.4, -0.2) is 18.0 Å². The van der Waals surface area contributed by atoms with Crippen LogP contribution in [0.15, 0.2) is 29.6 Å². The van der Waals surface area contributed by atoms with Gasteiger partial charge in [-0.05, 0) is 31.0 Å². The second kappa shape index (κ2) is 5.46. The maximum absolute atomic E-state index is 11.7. The molecule has 2 rings (SSSR count). The Labute approximate surface area is 122 Å². The molecule has 108 valence electrons. The van der Waals surface area contributed by atoms with E-state index in [0.29, 0.717) is 0 Å². The summed E-state index contributed by atoms with van der Waals surface area (Å²) in [6.07, 6.45) is 3.32. The standard InChI is InChI=1S/C13H15ClN2O3S/c1-9-4-10(2)13(12(5-9)20(14,17)18)19-7-11-6-15-8-16(11)3/h4-6,8H,7H2,1-3H3. The molecule has 0 saturated carbocycles. The van der Waals surface area contributed by atoms with Crippen molar-refractivity contribution in [3.8, 4) is 5.75 Å². The van der Waals surface area contributed by atoms with E-state index in [-0.39, 0.29) is 17.3 Å². The lowest BCUT2D eigenvalue weighted by molar-refractivity contribution is 0.287. The van der Waals surface area contributed by atoms with Crippen molar-refractivity contribution in [3.63, 3.8) is 0 Å². The predicted octanol–water partition coefficient (Wildman–Crippen LogP) is 2.54. The molecule has 7 heteroatoms. The number of aromatic nitrogens is 2. The molecule has 0 spiro atoms. The van der Waals surface area contributed by atoms with Crippen LogP contribution in [-0.2, 0) is 22.7 Å². The van der Waals surface area contributed by atoms with Crippen LogP contribution in [0.25, 0.3) is 0 Å². The van der Waals surface area contributed by atoms with Crippen LogP contribution < -0.4 is 4.74 Å². The summed E-state index contributed by atoms with van der Waals surface area (Å²) in [7, 11) is 3.46. The Kier molecular flexibility index (Phi) is 4.06. The van der Waals surface area contributed by atoms with Gasteiger partial charge >= 0.3 is 0 Å². The lowest BCUT2D eigenvalue weighted by atomic mass is 10.1. The fourth-order valence-corrected chi connectivity index (χ4v) is 3.06. The summed E-state index contributed by atoms with van der Waals surface area (Å²) in [4.78, 5) is 3.98. The van der Waals surface area contributed by atoms with Crippen LogP contribution in [0.4, 0.5) is 0 Å². The fraction of sp³-hybridized carbons (Fsp3) is 0.308. The van der Waals surface area contributed by atoms with E-state index in [2.05, 4.69) is 4.98 Å². The summed E-state index contributed by atoms with van der Waals surface area (Å²) >= 11 is 0. The van der Waals surface area contributed by atoms with Gasteiger partial charge in [-0.3, -0.25) is 0 Å². The van der Waals surface area contributed by atoms with E-state index in [9.17, 15) is 8.42 Å². The number of imidazole rings is 1.